The van der Waals surface area contributed by atoms with Gasteiger partial charge < -0.3 is 4.74 Å². The number of rotatable bonds is 1. The molecule has 0 bridgehead atoms. The Bertz CT molecular complexity index is 406. The molecule has 2 heterocycles. The maximum atomic E-state index is 10.7. The fourth-order valence-electron chi connectivity index (χ4n) is 0.897. The topological polar surface area (TPSA) is 76.5 Å². The number of aromatic nitrogens is 2. The Balaban J connectivity index is 2.32. The Morgan fingerprint density at radius 1 is 1.43 bits per heavy atom. The van der Waals surface area contributed by atoms with Gasteiger partial charge in [-0.15, -0.1) is 5.10 Å². The van der Waals surface area contributed by atoms with Crippen LogP contribution in [0.15, 0.2) is 17.5 Å². The maximum Gasteiger partial charge on any atom is 0.278 e. The van der Waals surface area contributed by atoms with E-state index < -0.39 is 0 Å². The van der Waals surface area contributed by atoms with E-state index in [1.165, 1.54) is 12.4 Å². The van der Waals surface area contributed by atoms with Crippen molar-refractivity contribution < 1.29 is 9.53 Å². The minimum Gasteiger partial charge on any atom is -0.465 e. The largest absolute Gasteiger partial charge is 0.465 e. The highest BCUT2D eigenvalue weighted by molar-refractivity contribution is 6.32. The van der Waals surface area contributed by atoms with Crippen LogP contribution in [0.1, 0.15) is 5.69 Å². The number of ether oxygens (including phenoxy) is 1. The van der Waals surface area contributed by atoms with Crippen molar-refractivity contribution in [2.45, 2.75) is 0 Å². The third-order valence-corrected chi connectivity index (χ3v) is 1.75. The van der Waals surface area contributed by atoms with Crippen molar-refractivity contribution in [2.75, 3.05) is 6.61 Å². The Labute approximate surface area is 84.0 Å². The SMILES string of the molecule is O=C1COC(c2nccnc2Cl)=NN1. The number of hydrazone groups is 1. The third kappa shape index (κ3) is 1.64. The monoisotopic (exact) mass is 212 g/mol. The molecule has 7 heteroatoms. The molecular formula is C7H5ClN4O2. The molecule has 1 amide bonds. The Morgan fingerprint density at radius 2 is 2.21 bits per heavy atom. The van der Waals surface area contributed by atoms with Crippen molar-refractivity contribution >= 4 is 23.4 Å². The van der Waals surface area contributed by atoms with Gasteiger partial charge >= 0.3 is 0 Å². The first-order chi connectivity index (χ1) is 6.77. The number of halogens is 1. The molecule has 1 aromatic rings. The highest BCUT2D eigenvalue weighted by atomic mass is 35.5. The van der Waals surface area contributed by atoms with Crippen molar-refractivity contribution in [1.29, 1.82) is 0 Å². The number of amides is 1. The predicted octanol–water partition coefficient (Wildman–Crippen LogP) is -0.0620. The molecule has 1 aliphatic heterocycles. The molecule has 0 atom stereocenters. The Kier molecular flexibility index (Phi) is 2.28. The quantitative estimate of drug-likeness (QED) is 0.708. The van der Waals surface area contributed by atoms with Gasteiger partial charge in [0.1, 0.15) is 0 Å². The summed E-state index contributed by atoms with van der Waals surface area (Å²) in [6.07, 6.45) is 2.91. The van der Waals surface area contributed by atoms with Gasteiger partial charge in [-0.1, -0.05) is 11.6 Å². The number of carbonyl (C=O) groups excluding carboxylic acids is 1. The fraction of sp³-hybridized carbons (Fsp3) is 0.143. The van der Waals surface area contributed by atoms with E-state index in [0.717, 1.165) is 0 Å². The van der Waals surface area contributed by atoms with Crippen molar-refractivity contribution in [3.63, 3.8) is 0 Å². The molecular weight excluding hydrogens is 208 g/mol. The van der Waals surface area contributed by atoms with Gasteiger partial charge in [-0.2, -0.15) is 0 Å². The van der Waals surface area contributed by atoms with Crippen LogP contribution in [0.5, 0.6) is 0 Å². The Morgan fingerprint density at radius 3 is 2.86 bits per heavy atom. The summed E-state index contributed by atoms with van der Waals surface area (Å²) in [7, 11) is 0. The van der Waals surface area contributed by atoms with Crippen molar-refractivity contribution in [2.24, 2.45) is 5.10 Å². The number of hydrogen-bond acceptors (Lipinski definition) is 5. The molecule has 1 aliphatic rings. The normalized spacial score (nSPS) is 15.5. The molecule has 1 aromatic heterocycles. The van der Waals surface area contributed by atoms with Crippen LogP contribution in [0.2, 0.25) is 5.15 Å². The highest BCUT2D eigenvalue weighted by Gasteiger charge is 2.18. The van der Waals surface area contributed by atoms with Crippen LogP contribution in [0.3, 0.4) is 0 Å². The summed E-state index contributed by atoms with van der Waals surface area (Å²) in [6, 6.07) is 0. The van der Waals surface area contributed by atoms with Crippen molar-refractivity contribution in [1.82, 2.24) is 15.4 Å². The van der Waals surface area contributed by atoms with Gasteiger partial charge in [-0.05, 0) is 0 Å². The van der Waals surface area contributed by atoms with E-state index >= 15 is 0 Å². The summed E-state index contributed by atoms with van der Waals surface area (Å²) >= 11 is 5.75. The number of carbonyl (C=O) groups is 1. The second-order valence-electron chi connectivity index (χ2n) is 2.44. The van der Waals surface area contributed by atoms with E-state index in [1.54, 1.807) is 0 Å². The molecule has 72 valence electrons. The molecule has 14 heavy (non-hydrogen) atoms. The van der Waals surface area contributed by atoms with Gasteiger partial charge in [-0.3, -0.25) is 4.79 Å². The molecule has 0 saturated carbocycles. The first-order valence-electron chi connectivity index (χ1n) is 3.73. The molecule has 0 fully saturated rings. The predicted molar refractivity (Wildman–Crippen MR) is 47.7 cm³/mol. The lowest BCUT2D eigenvalue weighted by Gasteiger charge is -2.12. The van der Waals surface area contributed by atoms with E-state index in [-0.39, 0.29) is 23.6 Å². The molecule has 0 radical (unpaired) electrons. The van der Waals surface area contributed by atoms with Gasteiger partial charge in [0, 0.05) is 12.4 Å². The summed E-state index contributed by atoms with van der Waals surface area (Å²) in [4.78, 5) is 18.4. The fourth-order valence-corrected chi connectivity index (χ4v) is 1.08. The van der Waals surface area contributed by atoms with E-state index in [2.05, 4.69) is 20.5 Å². The van der Waals surface area contributed by atoms with Crippen LogP contribution in [0.25, 0.3) is 0 Å². The number of hydrogen-bond donors (Lipinski definition) is 1. The lowest BCUT2D eigenvalue weighted by molar-refractivity contribution is -0.124. The molecule has 0 aliphatic carbocycles. The lowest BCUT2D eigenvalue weighted by atomic mass is 10.4. The number of nitrogens with one attached hydrogen (secondary N) is 1. The zero-order chi connectivity index (χ0) is 9.97. The van der Waals surface area contributed by atoms with Crippen LogP contribution in [-0.4, -0.2) is 28.4 Å². The molecule has 0 unspecified atom stereocenters. The zero-order valence-electron chi connectivity index (χ0n) is 6.90. The smallest absolute Gasteiger partial charge is 0.278 e. The Hall–Kier alpha value is -1.69. The summed E-state index contributed by atoms with van der Waals surface area (Å²) < 4.78 is 5.01. The van der Waals surface area contributed by atoms with Crippen molar-refractivity contribution in [3.8, 4) is 0 Å². The van der Waals surface area contributed by atoms with Gasteiger partial charge in [0.2, 0.25) is 0 Å². The summed E-state index contributed by atoms with van der Waals surface area (Å²) in [5.74, 6) is -0.142. The van der Waals surface area contributed by atoms with E-state index in [9.17, 15) is 4.79 Å². The van der Waals surface area contributed by atoms with E-state index in [0.29, 0.717) is 5.69 Å². The highest BCUT2D eigenvalue weighted by Crippen LogP contribution is 2.11. The summed E-state index contributed by atoms with van der Waals surface area (Å²) in [5.41, 5.74) is 2.57. The van der Waals surface area contributed by atoms with Crippen LogP contribution in [-0.2, 0) is 9.53 Å². The second kappa shape index (κ2) is 3.59. The molecule has 0 saturated heterocycles. The molecule has 6 nitrogen and oxygen atoms in total. The first-order valence-corrected chi connectivity index (χ1v) is 4.11. The van der Waals surface area contributed by atoms with Gasteiger partial charge in [0.25, 0.3) is 11.8 Å². The summed E-state index contributed by atoms with van der Waals surface area (Å²) in [6.45, 7) is -0.0915. The molecule has 0 spiro atoms. The lowest BCUT2D eigenvalue weighted by Crippen LogP contribution is -2.32. The van der Waals surface area contributed by atoms with E-state index in [1.807, 2.05) is 0 Å². The number of nitrogens with zero attached hydrogens (tertiary/aromatic N) is 3. The van der Waals surface area contributed by atoms with Crippen LogP contribution in [0.4, 0.5) is 0 Å². The minimum atomic E-state index is -0.311. The van der Waals surface area contributed by atoms with Crippen LogP contribution >= 0.6 is 11.6 Å². The second-order valence-corrected chi connectivity index (χ2v) is 2.79. The molecule has 0 aromatic carbocycles. The molecule has 1 N–H and O–H groups in total. The van der Waals surface area contributed by atoms with Gasteiger partial charge in [0.05, 0.1) is 0 Å². The van der Waals surface area contributed by atoms with Crippen LogP contribution in [0, 0.1) is 0 Å². The summed E-state index contributed by atoms with van der Waals surface area (Å²) in [5, 5.41) is 3.83. The van der Waals surface area contributed by atoms with Gasteiger partial charge in [0.15, 0.2) is 17.5 Å². The average molecular weight is 213 g/mol. The maximum absolute atomic E-state index is 10.7. The first kappa shape index (κ1) is 8.89. The average Bonchev–Trinajstić information content (AvgIpc) is 2.20. The third-order valence-electron chi connectivity index (χ3n) is 1.48. The molecule has 2 rings (SSSR count). The standard InChI is InChI=1S/C7H5ClN4O2/c8-6-5(9-1-2-10-6)7-12-11-4(13)3-14-7/h1-2H,3H2,(H,11,13). The zero-order valence-corrected chi connectivity index (χ0v) is 7.65. The van der Waals surface area contributed by atoms with Crippen molar-refractivity contribution in [3.05, 3.63) is 23.2 Å². The van der Waals surface area contributed by atoms with E-state index in [4.69, 9.17) is 16.3 Å². The van der Waals surface area contributed by atoms with Crippen LogP contribution < -0.4 is 5.43 Å². The minimum absolute atomic E-state index is 0.0915. The van der Waals surface area contributed by atoms with Gasteiger partial charge in [-0.25, -0.2) is 15.4 Å².